The zero-order valence-corrected chi connectivity index (χ0v) is 10.4. The number of alkyl halides is 2. The molecule has 74 valence electrons. The van der Waals surface area contributed by atoms with Gasteiger partial charge in [-0.3, -0.25) is 4.90 Å². The Kier molecular flexibility index (Phi) is 2.57. The summed E-state index contributed by atoms with van der Waals surface area (Å²) in [7, 11) is 1.43. The summed E-state index contributed by atoms with van der Waals surface area (Å²) in [4.78, 5) is 14.0. The van der Waals surface area contributed by atoms with Gasteiger partial charge in [0.05, 0.1) is 19.2 Å². The molecule has 4 atom stereocenters. The van der Waals surface area contributed by atoms with E-state index in [0.29, 0.717) is 21.7 Å². The number of carbonyl (C=O) groups excluding carboxylic acids is 1. The van der Waals surface area contributed by atoms with E-state index in [2.05, 4.69) is 31.9 Å². The lowest BCUT2D eigenvalue weighted by molar-refractivity contribution is 0.150. The molecule has 5 heteroatoms. The van der Waals surface area contributed by atoms with Gasteiger partial charge in [-0.05, 0) is 12.8 Å². The van der Waals surface area contributed by atoms with Gasteiger partial charge in [-0.15, -0.1) is 0 Å². The Morgan fingerprint density at radius 1 is 1.31 bits per heavy atom. The first-order valence-corrected chi connectivity index (χ1v) is 6.12. The van der Waals surface area contributed by atoms with E-state index < -0.39 is 0 Å². The third-order valence-corrected chi connectivity index (χ3v) is 5.51. The molecule has 0 aromatic heterocycles. The van der Waals surface area contributed by atoms with Gasteiger partial charge >= 0.3 is 6.09 Å². The minimum Gasteiger partial charge on any atom is -0.453 e. The van der Waals surface area contributed by atoms with E-state index in [1.807, 2.05) is 4.90 Å². The van der Waals surface area contributed by atoms with Crippen molar-refractivity contribution in [3.8, 4) is 0 Å². The topological polar surface area (TPSA) is 29.3 Å². The number of fused-ring (bicyclic) bond motifs is 1. The van der Waals surface area contributed by atoms with Gasteiger partial charge in [0.25, 0.3) is 0 Å². The number of nitrogens with zero attached hydrogens (tertiary/aromatic N) is 1. The highest BCUT2D eigenvalue weighted by atomic mass is 79.9. The molecule has 1 heterocycles. The van der Waals surface area contributed by atoms with Crippen LogP contribution in [0.15, 0.2) is 0 Å². The summed E-state index contributed by atoms with van der Waals surface area (Å²) in [5.74, 6) is 0. The molecule has 2 rings (SSSR count). The van der Waals surface area contributed by atoms with E-state index in [9.17, 15) is 4.79 Å². The van der Waals surface area contributed by atoms with Crippen molar-refractivity contribution in [1.82, 2.24) is 4.90 Å². The molecule has 3 nitrogen and oxygen atoms in total. The molecule has 0 N–H and O–H groups in total. The number of likely N-dealkylation sites (tertiary alicyclic amines) is 1. The molecular formula is C8H11Br2NO2. The number of carbonyl (C=O) groups is 1. The minimum absolute atomic E-state index is 0.184. The first kappa shape index (κ1) is 9.77. The second-order valence-electron chi connectivity index (χ2n) is 3.52. The summed E-state index contributed by atoms with van der Waals surface area (Å²) in [6.45, 7) is 0. The van der Waals surface area contributed by atoms with Gasteiger partial charge in [0, 0.05) is 9.65 Å². The van der Waals surface area contributed by atoms with Gasteiger partial charge in [0.1, 0.15) is 0 Å². The van der Waals surface area contributed by atoms with Gasteiger partial charge in [0.2, 0.25) is 0 Å². The van der Waals surface area contributed by atoms with E-state index in [4.69, 9.17) is 4.74 Å². The van der Waals surface area contributed by atoms with Crippen molar-refractivity contribution in [3.05, 3.63) is 0 Å². The largest absolute Gasteiger partial charge is 0.453 e. The summed E-state index contributed by atoms with van der Waals surface area (Å²) in [6, 6.07) is 0.816. The number of ether oxygens (including phenoxy) is 1. The van der Waals surface area contributed by atoms with Crippen molar-refractivity contribution in [2.24, 2.45) is 0 Å². The molecule has 1 aliphatic heterocycles. The molecule has 1 aliphatic carbocycles. The van der Waals surface area contributed by atoms with Crippen LogP contribution in [-0.4, -0.2) is 39.8 Å². The Labute approximate surface area is 94.1 Å². The Morgan fingerprint density at radius 3 is 2.15 bits per heavy atom. The van der Waals surface area contributed by atoms with Crippen LogP contribution in [0.25, 0.3) is 0 Å². The van der Waals surface area contributed by atoms with Crippen LogP contribution in [0.1, 0.15) is 12.8 Å². The minimum atomic E-state index is -0.184. The van der Waals surface area contributed by atoms with Gasteiger partial charge in [-0.2, -0.15) is 0 Å². The summed E-state index contributed by atoms with van der Waals surface area (Å²) >= 11 is 7.19. The molecule has 0 aromatic rings. The fraction of sp³-hybridized carbons (Fsp3) is 0.875. The van der Waals surface area contributed by atoms with Gasteiger partial charge in [-0.25, -0.2) is 4.79 Å². The van der Waals surface area contributed by atoms with Crippen molar-refractivity contribution >= 4 is 38.0 Å². The Morgan fingerprint density at radius 2 is 1.77 bits per heavy atom. The van der Waals surface area contributed by atoms with Crippen molar-refractivity contribution in [2.45, 2.75) is 34.6 Å². The van der Waals surface area contributed by atoms with E-state index in [-0.39, 0.29) is 6.09 Å². The van der Waals surface area contributed by atoms with Crippen LogP contribution in [0.3, 0.4) is 0 Å². The van der Waals surface area contributed by atoms with E-state index in [1.165, 1.54) is 7.11 Å². The van der Waals surface area contributed by atoms with E-state index in [0.717, 1.165) is 12.8 Å². The van der Waals surface area contributed by atoms with Crippen LogP contribution in [-0.2, 0) is 4.74 Å². The SMILES string of the molecule is COC(=O)N1[C@@H]2C[C@@H](Br)[C@@H](Br)C[C@@H]21. The van der Waals surface area contributed by atoms with Crippen molar-refractivity contribution < 1.29 is 9.53 Å². The third kappa shape index (κ3) is 1.61. The molecule has 2 aliphatic rings. The van der Waals surface area contributed by atoms with Crippen LogP contribution >= 0.6 is 31.9 Å². The second-order valence-corrected chi connectivity index (χ2v) is 5.87. The van der Waals surface area contributed by atoms with Crippen LogP contribution < -0.4 is 0 Å². The lowest BCUT2D eigenvalue weighted by Crippen LogP contribution is -2.24. The van der Waals surface area contributed by atoms with Crippen LogP contribution in [0.2, 0.25) is 0 Å². The predicted octanol–water partition coefficient (Wildman–Crippen LogP) is 2.13. The Balaban J connectivity index is 1.98. The zero-order chi connectivity index (χ0) is 9.59. The third-order valence-electron chi connectivity index (χ3n) is 2.78. The molecule has 0 bridgehead atoms. The zero-order valence-electron chi connectivity index (χ0n) is 7.24. The summed E-state index contributed by atoms with van der Waals surface area (Å²) in [5, 5.41) is 0. The first-order valence-electron chi connectivity index (χ1n) is 4.29. The average molecular weight is 313 g/mol. The number of hydrogen-bond donors (Lipinski definition) is 0. The van der Waals surface area contributed by atoms with E-state index >= 15 is 0 Å². The number of methoxy groups -OCH3 is 1. The maximum atomic E-state index is 11.2. The number of halogens is 2. The fourth-order valence-electron chi connectivity index (χ4n) is 2.01. The molecular weight excluding hydrogens is 302 g/mol. The molecule has 0 spiro atoms. The molecule has 0 aromatic carbocycles. The maximum absolute atomic E-state index is 11.2. The number of hydrogen-bond acceptors (Lipinski definition) is 2. The fourth-order valence-corrected chi connectivity index (χ4v) is 3.21. The standard InChI is InChI=1S/C8H11Br2NO2/c1-13-8(12)11-6-2-4(9)5(10)3-7(6)11/h4-7H,2-3H2,1H3/t4-,5+,6-,7+,11?. The van der Waals surface area contributed by atoms with Gasteiger partial charge in [0.15, 0.2) is 0 Å². The van der Waals surface area contributed by atoms with Crippen molar-refractivity contribution in [1.29, 1.82) is 0 Å². The Hall–Kier alpha value is 0.230. The maximum Gasteiger partial charge on any atom is 0.410 e. The van der Waals surface area contributed by atoms with Crippen LogP contribution in [0.4, 0.5) is 4.79 Å². The lowest BCUT2D eigenvalue weighted by atomic mass is 10.0. The second kappa shape index (κ2) is 3.42. The van der Waals surface area contributed by atoms with E-state index in [1.54, 1.807) is 0 Å². The molecule has 13 heavy (non-hydrogen) atoms. The quantitative estimate of drug-likeness (QED) is 0.506. The monoisotopic (exact) mass is 311 g/mol. The predicted molar refractivity (Wildman–Crippen MR) is 56.5 cm³/mol. The molecule has 1 amide bonds. The molecule has 1 saturated heterocycles. The molecule has 0 unspecified atom stereocenters. The average Bonchev–Trinajstić information content (AvgIpc) is 2.77. The van der Waals surface area contributed by atoms with Crippen molar-refractivity contribution in [2.75, 3.05) is 7.11 Å². The molecule has 1 saturated carbocycles. The molecule has 2 fully saturated rings. The van der Waals surface area contributed by atoms with Crippen LogP contribution in [0, 0.1) is 0 Å². The smallest absolute Gasteiger partial charge is 0.410 e. The van der Waals surface area contributed by atoms with Crippen molar-refractivity contribution in [3.63, 3.8) is 0 Å². The highest BCUT2D eigenvalue weighted by molar-refractivity contribution is 9.12. The highest BCUT2D eigenvalue weighted by Crippen LogP contribution is 2.45. The first-order chi connectivity index (χ1) is 6.15. The van der Waals surface area contributed by atoms with Crippen LogP contribution in [0.5, 0.6) is 0 Å². The van der Waals surface area contributed by atoms with Gasteiger partial charge < -0.3 is 4.74 Å². The van der Waals surface area contributed by atoms with Gasteiger partial charge in [-0.1, -0.05) is 31.9 Å². The highest BCUT2D eigenvalue weighted by Gasteiger charge is 2.56. The summed E-state index contributed by atoms with van der Waals surface area (Å²) < 4.78 is 4.69. The number of rotatable bonds is 0. The number of amides is 1. The summed E-state index contributed by atoms with van der Waals surface area (Å²) in [5.41, 5.74) is 0. The molecule has 0 radical (unpaired) electrons. The summed E-state index contributed by atoms with van der Waals surface area (Å²) in [6.07, 6.45) is 1.86. The normalized spacial score (nSPS) is 42.5. The lowest BCUT2D eigenvalue weighted by Gasteiger charge is -2.18. The Bertz CT molecular complexity index is 220.